The minimum Gasteiger partial charge on any atom is -0.492 e. The van der Waals surface area contributed by atoms with Crippen LogP contribution in [-0.2, 0) is 4.79 Å². The second-order valence-corrected chi connectivity index (χ2v) is 6.27. The molecule has 30 heavy (non-hydrogen) atoms. The monoisotopic (exact) mass is 428 g/mol. The second-order valence-electron chi connectivity index (χ2n) is 6.27. The van der Waals surface area contributed by atoms with Crippen LogP contribution in [0, 0.1) is 11.7 Å². The van der Waals surface area contributed by atoms with Crippen LogP contribution in [0.15, 0.2) is 30.5 Å². The Morgan fingerprint density at radius 1 is 1.20 bits per heavy atom. The molecule has 2 aromatic rings. The number of hydrogen-bond acceptors (Lipinski definition) is 6. The molecule has 0 spiro atoms. The Balaban J connectivity index is 1.45. The molecule has 0 aliphatic heterocycles. The van der Waals surface area contributed by atoms with Gasteiger partial charge < -0.3 is 14.8 Å². The van der Waals surface area contributed by atoms with Gasteiger partial charge in [0.2, 0.25) is 11.9 Å². The van der Waals surface area contributed by atoms with Crippen molar-refractivity contribution in [3.63, 3.8) is 0 Å². The summed E-state index contributed by atoms with van der Waals surface area (Å²) in [5.41, 5.74) is 0.0239. The van der Waals surface area contributed by atoms with Gasteiger partial charge in [0, 0.05) is 18.2 Å². The summed E-state index contributed by atoms with van der Waals surface area (Å²) in [5, 5.41) is 5.04. The summed E-state index contributed by atoms with van der Waals surface area (Å²) in [6.07, 6.45) is -2.05. The first-order chi connectivity index (χ1) is 14.2. The molecule has 2 amide bonds. The van der Waals surface area contributed by atoms with Crippen LogP contribution in [0.2, 0.25) is 0 Å². The zero-order valence-electron chi connectivity index (χ0n) is 15.3. The Labute approximate surface area is 167 Å². The highest BCUT2D eigenvalue weighted by molar-refractivity contribution is 5.94. The van der Waals surface area contributed by atoms with Crippen molar-refractivity contribution in [2.75, 3.05) is 18.5 Å². The van der Waals surface area contributed by atoms with E-state index in [1.165, 1.54) is 12.3 Å². The Morgan fingerprint density at radius 2 is 1.97 bits per heavy atom. The fraction of sp³-hybridized carbons (Fsp3) is 0.333. The topological polar surface area (TPSA) is 102 Å². The van der Waals surface area contributed by atoms with E-state index in [4.69, 9.17) is 4.74 Å². The number of hydrogen-bond donors (Lipinski definition) is 2. The molecule has 8 nitrogen and oxygen atoms in total. The quantitative estimate of drug-likeness (QED) is 0.495. The van der Waals surface area contributed by atoms with Gasteiger partial charge in [0.05, 0.1) is 6.54 Å². The van der Waals surface area contributed by atoms with Crippen molar-refractivity contribution in [1.29, 1.82) is 0 Å². The van der Waals surface area contributed by atoms with Gasteiger partial charge in [-0.3, -0.25) is 14.9 Å². The molecule has 1 aliphatic rings. The number of carbonyl (C=O) groups excluding carboxylic acids is 2. The molecule has 1 saturated carbocycles. The summed E-state index contributed by atoms with van der Waals surface area (Å²) in [7, 11) is 0. The standard InChI is InChI=1S/C18H16F4N4O4/c19-12-9-11(3-4-14(12)30-18(20,21)22)29-8-7-23-16(28)13-5-6-24-17(25-13)26-15(27)10-1-2-10/h3-6,9-10H,1-2,7-8H2,(H,23,28)(H,24,25,26,27). The van der Waals surface area contributed by atoms with Crippen molar-refractivity contribution in [1.82, 2.24) is 15.3 Å². The summed E-state index contributed by atoms with van der Waals surface area (Å²) in [6.45, 7) is -0.0734. The van der Waals surface area contributed by atoms with Crippen molar-refractivity contribution in [2.45, 2.75) is 19.2 Å². The van der Waals surface area contributed by atoms with Gasteiger partial charge in [0.25, 0.3) is 5.91 Å². The zero-order valence-corrected chi connectivity index (χ0v) is 15.3. The first-order valence-electron chi connectivity index (χ1n) is 8.81. The molecule has 2 N–H and O–H groups in total. The fourth-order valence-electron chi connectivity index (χ4n) is 2.31. The molecule has 1 fully saturated rings. The van der Waals surface area contributed by atoms with Crippen LogP contribution in [0.4, 0.5) is 23.5 Å². The molecular weight excluding hydrogens is 412 g/mol. The van der Waals surface area contributed by atoms with Crippen LogP contribution in [0.5, 0.6) is 11.5 Å². The summed E-state index contributed by atoms with van der Waals surface area (Å²) < 4.78 is 58.7. The van der Waals surface area contributed by atoms with Crippen LogP contribution in [0.1, 0.15) is 23.3 Å². The average molecular weight is 428 g/mol. The van der Waals surface area contributed by atoms with Crippen LogP contribution in [0.25, 0.3) is 0 Å². The average Bonchev–Trinajstić information content (AvgIpc) is 3.52. The molecule has 1 aliphatic carbocycles. The maximum absolute atomic E-state index is 13.6. The maximum Gasteiger partial charge on any atom is 0.573 e. The van der Waals surface area contributed by atoms with Crippen molar-refractivity contribution < 1.29 is 36.6 Å². The Bertz CT molecular complexity index is 935. The third-order valence-corrected chi connectivity index (χ3v) is 3.86. The Hall–Kier alpha value is -3.44. The molecule has 1 aromatic heterocycles. The van der Waals surface area contributed by atoms with Crippen LogP contribution < -0.4 is 20.1 Å². The second kappa shape index (κ2) is 8.93. The molecule has 0 atom stereocenters. The molecule has 1 aromatic carbocycles. The van der Waals surface area contributed by atoms with Gasteiger partial charge >= 0.3 is 6.36 Å². The number of halogens is 4. The number of ether oxygens (including phenoxy) is 2. The minimum absolute atomic E-state index is 0.00895. The fourth-order valence-corrected chi connectivity index (χ4v) is 2.31. The molecule has 0 bridgehead atoms. The normalized spacial score (nSPS) is 13.5. The number of nitrogens with zero attached hydrogens (tertiary/aromatic N) is 2. The maximum atomic E-state index is 13.6. The van der Waals surface area contributed by atoms with Crippen molar-refractivity contribution in [3.05, 3.63) is 42.0 Å². The van der Waals surface area contributed by atoms with Gasteiger partial charge in [-0.2, -0.15) is 0 Å². The predicted molar refractivity (Wildman–Crippen MR) is 94.3 cm³/mol. The van der Waals surface area contributed by atoms with Gasteiger partial charge in [0.1, 0.15) is 18.1 Å². The number of rotatable bonds is 8. The Kier molecular flexibility index (Phi) is 6.33. The molecular formula is C18H16F4N4O4. The van der Waals surface area contributed by atoms with Crippen molar-refractivity contribution in [2.24, 2.45) is 5.92 Å². The smallest absolute Gasteiger partial charge is 0.492 e. The number of nitrogens with one attached hydrogen (secondary N) is 2. The number of carbonyl (C=O) groups is 2. The van der Waals surface area contributed by atoms with E-state index in [1.54, 1.807) is 0 Å². The van der Waals surface area contributed by atoms with Gasteiger partial charge in [-0.05, 0) is 31.0 Å². The third kappa shape index (κ3) is 6.29. The molecule has 0 radical (unpaired) electrons. The van der Waals surface area contributed by atoms with E-state index < -0.39 is 23.8 Å². The number of aromatic nitrogens is 2. The van der Waals surface area contributed by atoms with E-state index in [1.807, 2.05) is 0 Å². The minimum atomic E-state index is -5.00. The molecule has 12 heteroatoms. The SMILES string of the molecule is O=C(NCCOc1ccc(OC(F)(F)F)c(F)c1)c1ccnc(NC(=O)C2CC2)n1. The highest BCUT2D eigenvalue weighted by atomic mass is 19.4. The van der Waals surface area contributed by atoms with Gasteiger partial charge in [-0.1, -0.05) is 0 Å². The first kappa shape index (κ1) is 21.3. The van der Waals surface area contributed by atoms with Crippen molar-refractivity contribution in [3.8, 4) is 11.5 Å². The van der Waals surface area contributed by atoms with E-state index >= 15 is 0 Å². The largest absolute Gasteiger partial charge is 0.573 e. The van der Waals surface area contributed by atoms with E-state index in [0.29, 0.717) is 0 Å². The van der Waals surface area contributed by atoms with Crippen LogP contribution in [0.3, 0.4) is 0 Å². The third-order valence-electron chi connectivity index (χ3n) is 3.86. The van der Waals surface area contributed by atoms with E-state index in [2.05, 4.69) is 25.3 Å². The molecule has 1 heterocycles. The summed E-state index contributed by atoms with van der Waals surface area (Å²) in [6, 6.07) is 3.99. The lowest BCUT2D eigenvalue weighted by Crippen LogP contribution is -2.29. The highest BCUT2D eigenvalue weighted by Gasteiger charge is 2.32. The number of amides is 2. The van der Waals surface area contributed by atoms with Gasteiger partial charge in [-0.15, -0.1) is 13.2 Å². The van der Waals surface area contributed by atoms with Crippen LogP contribution >= 0.6 is 0 Å². The molecule has 160 valence electrons. The number of anilines is 1. The lowest BCUT2D eigenvalue weighted by atomic mass is 10.3. The molecule has 0 saturated heterocycles. The highest BCUT2D eigenvalue weighted by Crippen LogP contribution is 2.30. The van der Waals surface area contributed by atoms with Gasteiger partial charge in [0.15, 0.2) is 11.6 Å². The van der Waals surface area contributed by atoms with Gasteiger partial charge in [-0.25, -0.2) is 14.4 Å². The summed E-state index contributed by atoms with van der Waals surface area (Å²) in [4.78, 5) is 31.7. The summed E-state index contributed by atoms with van der Waals surface area (Å²) in [5.74, 6) is -3.02. The summed E-state index contributed by atoms with van der Waals surface area (Å²) >= 11 is 0. The predicted octanol–water partition coefficient (Wildman–Crippen LogP) is 2.67. The van der Waals surface area contributed by atoms with Crippen LogP contribution in [-0.4, -0.2) is 41.3 Å². The van der Waals surface area contributed by atoms with E-state index in [-0.39, 0.29) is 42.4 Å². The van der Waals surface area contributed by atoms with E-state index in [9.17, 15) is 27.2 Å². The molecule has 0 unspecified atom stereocenters. The number of alkyl halides is 3. The zero-order chi connectivity index (χ0) is 21.7. The van der Waals surface area contributed by atoms with E-state index in [0.717, 1.165) is 31.0 Å². The lowest BCUT2D eigenvalue weighted by Gasteiger charge is -2.11. The molecule has 3 rings (SSSR count). The van der Waals surface area contributed by atoms with Crippen molar-refractivity contribution >= 4 is 17.8 Å². The first-order valence-corrected chi connectivity index (χ1v) is 8.81. The number of benzene rings is 1. The Morgan fingerprint density at radius 3 is 2.63 bits per heavy atom. The lowest BCUT2D eigenvalue weighted by molar-refractivity contribution is -0.275.